The molecule has 3 aliphatic rings. The second-order valence-electron chi connectivity index (χ2n) is 19.3. The predicted octanol–water partition coefficient (Wildman–Crippen LogP) is 16.4. The molecule has 0 unspecified atom stereocenters. The van der Waals surface area contributed by atoms with Crippen LogP contribution in [0.15, 0.2) is 255 Å². The van der Waals surface area contributed by atoms with Crippen LogP contribution < -0.4 is 14.7 Å². The Bertz CT molecular complexity index is 3150. The van der Waals surface area contributed by atoms with Crippen molar-refractivity contribution in [3.05, 3.63) is 310 Å². The molecule has 10 aromatic rings. The predicted molar refractivity (Wildman–Crippen MR) is 286 cm³/mol. The van der Waals surface area contributed by atoms with E-state index < -0.39 is 10.8 Å². The van der Waals surface area contributed by atoms with Gasteiger partial charge in [-0.05, 0) is 116 Å². The quantitative estimate of drug-likeness (QED) is 0.165. The summed E-state index contributed by atoms with van der Waals surface area (Å²) in [5, 5.41) is 0. The Hall–Kier alpha value is -8.40. The second kappa shape index (κ2) is 15.6. The van der Waals surface area contributed by atoms with E-state index in [9.17, 15) is 0 Å². The lowest BCUT2D eigenvalue weighted by Gasteiger charge is -2.47. The van der Waals surface area contributed by atoms with E-state index in [0.29, 0.717) is 0 Å². The van der Waals surface area contributed by atoms with Gasteiger partial charge in [-0.3, -0.25) is 0 Å². The fraction of sp³-hybridized carbons (Fsp3) is 0.0909. The third-order valence-electron chi connectivity index (χ3n) is 15.6. The summed E-state index contributed by atoms with van der Waals surface area (Å²) in [4.78, 5) is 7.40. The molecular formula is C66H51N3. The first kappa shape index (κ1) is 40.8. The van der Waals surface area contributed by atoms with Gasteiger partial charge in [0.15, 0.2) is 0 Å². The van der Waals surface area contributed by atoms with Gasteiger partial charge >= 0.3 is 0 Å². The van der Waals surface area contributed by atoms with Crippen LogP contribution in [0.3, 0.4) is 0 Å². The molecule has 330 valence electrons. The lowest BCUT2D eigenvalue weighted by molar-refractivity contribution is 0.629. The number of hydrogen-bond donors (Lipinski definition) is 0. The molecule has 0 saturated carbocycles. The van der Waals surface area contributed by atoms with Gasteiger partial charge in [0.05, 0.1) is 33.6 Å². The summed E-state index contributed by atoms with van der Waals surface area (Å²) >= 11 is 0. The van der Waals surface area contributed by atoms with Crippen molar-refractivity contribution in [1.82, 2.24) is 0 Å². The summed E-state index contributed by atoms with van der Waals surface area (Å²) in [6, 6.07) is 94.7. The number of hydrogen-bond acceptors (Lipinski definition) is 3. The second-order valence-corrected chi connectivity index (χ2v) is 19.3. The van der Waals surface area contributed by atoms with E-state index in [2.05, 4.69) is 290 Å². The number of para-hydroxylation sites is 4. The van der Waals surface area contributed by atoms with Crippen molar-refractivity contribution in [2.24, 2.45) is 0 Å². The molecule has 13 rings (SSSR count). The van der Waals surface area contributed by atoms with Crippen LogP contribution in [0.1, 0.15) is 69.5 Å². The monoisotopic (exact) mass is 885 g/mol. The van der Waals surface area contributed by atoms with E-state index in [1.165, 1.54) is 89.8 Å². The van der Waals surface area contributed by atoms with Crippen LogP contribution >= 0.6 is 0 Å². The van der Waals surface area contributed by atoms with Gasteiger partial charge in [0.2, 0.25) is 0 Å². The van der Waals surface area contributed by atoms with Crippen LogP contribution in [0.4, 0.5) is 45.5 Å². The van der Waals surface area contributed by atoms with Gasteiger partial charge < -0.3 is 14.7 Å². The highest BCUT2D eigenvalue weighted by molar-refractivity contribution is 5.93. The molecule has 0 amide bonds. The molecule has 0 spiro atoms. The molecule has 3 heteroatoms. The Morgan fingerprint density at radius 2 is 0.522 bits per heavy atom. The largest absolute Gasteiger partial charge is 0.344 e. The lowest BCUT2D eigenvalue weighted by atomic mass is 9.62. The minimum absolute atomic E-state index is 0.359. The fourth-order valence-corrected chi connectivity index (χ4v) is 12.6. The Labute approximate surface area is 405 Å². The zero-order chi connectivity index (χ0) is 46.3. The number of fused-ring (bicyclic) bond motifs is 6. The van der Waals surface area contributed by atoms with Crippen molar-refractivity contribution in [1.29, 1.82) is 0 Å². The van der Waals surface area contributed by atoms with Crippen LogP contribution in [-0.4, -0.2) is 7.05 Å². The molecule has 69 heavy (non-hydrogen) atoms. The van der Waals surface area contributed by atoms with E-state index in [1.54, 1.807) is 0 Å². The zero-order valence-electron chi connectivity index (χ0n) is 39.1. The van der Waals surface area contributed by atoms with Crippen LogP contribution in [0, 0.1) is 0 Å². The molecule has 10 aromatic carbocycles. The molecule has 0 saturated heterocycles. The first-order chi connectivity index (χ1) is 33.9. The molecule has 3 aliphatic heterocycles. The van der Waals surface area contributed by atoms with Gasteiger partial charge in [-0.1, -0.05) is 208 Å². The Balaban J connectivity index is 0.972. The average Bonchev–Trinajstić information content (AvgIpc) is 3.42. The zero-order valence-corrected chi connectivity index (χ0v) is 39.1. The molecule has 0 N–H and O–H groups in total. The highest BCUT2D eigenvalue weighted by Crippen LogP contribution is 2.61. The first-order valence-corrected chi connectivity index (χ1v) is 24.2. The minimum Gasteiger partial charge on any atom is -0.344 e. The van der Waals surface area contributed by atoms with Gasteiger partial charge in [0.25, 0.3) is 0 Å². The summed E-state index contributed by atoms with van der Waals surface area (Å²) < 4.78 is 0. The first-order valence-electron chi connectivity index (χ1n) is 24.2. The summed E-state index contributed by atoms with van der Waals surface area (Å²) in [5.74, 6) is 0. The summed E-state index contributed by atoms with van der Waals surface area (Å²) in [6.45, 7) is 4.82. The van der Waals surface area contributed by atoms with E-state index in [4.69, 9.17) is 0 Å². The third kappa shape index (κ3) is 5.74. The van der Waals surface area contributed by atoms with Crippen LogP contribution in [-0.2, 0) is 16.2 Å². The highest BCUT2D eigenvalue weighted by Gasteiger charge is 2.48. The number of anilines is 8. The molecule has 3 nitrogen and oxygen atoms in total. The van der Waals surface area contributed by atoms with E-state index in [0.717, 1.165) is 11.4 Å². The third-order valence-corrected chi connectivity index (χ3v) is 15.6. The lowest BCUT2D eigenvalue weighted by Crippen LogP contribution is -2.38. The van der Waals surface area contributed by atoms with Gasteiger partial charge in [0.1, 0.15) is 0 Å². The molecule has 3 heterocycles. The van der Waals surface area contributed by atoms with E-state index in [1.807, 2.05) is 0 Å². The van der Waals surface area contributed by atoms with Crippen LogP contribution in [0.2, 0.25) is 0 Å². The van der Waals surface area contributed by atoms with Gasteiger partial charge in [0, 0.05) is 35.2 Å². The van der Waals surface area contributed by atoms with Gasteiger partial charge in [-0.15, -0.1) is 0 Å². The van der Waals surface area contributed by atoms with Crippen molar-refractivity contribution in [3.8, 4) is 0 Å². The van der Waals surface area contributed by atoms with Gasteiger partial charge in [-0.2, -0.15) is 0 Å². The van der Waals surface area contributed by atoms with E-state index in [-0.39, 0.29) is 5.41 Å². The maximum atomic E-state index is 2.50. The number of rotatable bonds is 6. The van der Waals surface area contributed by atoms with Crippen molar-refractivity contribution in [2.45, 2.75) is 30.1 Å². The average molecular weight is 886 g/mol. The Morgan fingerprint density at radius 3 is 0.812 bits per heavy atom. The maximum absolute atomic E-state index is 2.50. The molecule has 0 aliphatic carbocycles. The topological polar surface area (TPSA) is 9.72 Å². The standard InChI is InChI=1S/C66H51N3/c1-64(2)56-44-50(68-60-36-20-16-32-52(60)65(46-24-8-4-9-25-46,47-26-10-5-11-27-47)53-33-17-21-37-61(53)68)40-42-58(56)67(3)59-43-41-51(45-57(59)64)69-62-38-22-18-34-54(62)66(48-28-12-6-13-29-48,49-30-14-7-15-31-49)55-35-19-23-39-63(55)69/h4-45H,1-3H3. The minimum atomic E-state index is -0.525. The van der Waals surface area contributed by atoms with Crippen molar-refractivity contribution in [2.75, 3.05) is 21.7 Å². The molecule has 0 radical (unpaired) electrons. The summed E-state index contributed by atoms with van der Waals surface area (Å²) in [6.07, 6.45) is 0. The smallest absolute Gasteiger partial charge is 0.0742 e. The summed E-state index contributed by atoms with van der Waals surface area (Å²) in [7, 11) is 2.23. The highest BCUT2D eigenvalue weighted by atomic mass is 15.2. The van der Waals surface area contributed by atoms with Crippen molar-refractivity contribution < 1.29 is 0 Å². The normalized spacial score (nSPS) is 15.4. The fourth-order valence-electron chi connectivity index (χ4n) is 12.6. The molecule has 0 fully saturated rings. The van der Waals surface area contributed by atoms with Crippen molar-refractivity contribution in [3.63, 3.8) is 0 Å². The van der Waals surface area contributed by atoms with Crippen LogP contribution in [0.5, 0.6) is 0 Å². The van der Waals surface area contributed by atoms with E-state index >= 15 is 0 Å². The maximum Gasteiger partial charge on any atom is 0.0742 e. The summed E-state index contributed by atoms with van der Waals surface area (Å²) in [5.41, 5.74) is 20.6. The number of benzene rings is 10. The Morgan fingerprint density at radius 1 is 0.261 bits per heavy atom. The molecule has 0 atom stereocenters. The number of nitrogens with zero attached hydrogens (tertiary/aromatic N) is 3. The van der Waals surface area contributed by atoms with Gasteiger partial charge in [-0.25, -0.2) is 0 Å². The van der Waals surface area contributed by atoms with Crippen molar-refractivity contribution >= 4 is 45.5 Å². The molecule has 0 aromatic heterocycles. The molecular weight excluding hydrogens is 835 g/mol. The SMILES string of the molecule is CN1c2ccc(N3c4ccccc4C(c4ccccc4)(c4ccccc4)c4ccccc43)cc2C(C)(C)c2cc(N3c4ccccc4C(c4ccccc4)(c4ccccc4)c4ccccc43)ccc21. The molecule has 0 bridgehead atoms. The van der Waals surface area contributed by atoms with Crippen LogP contribution in [0.25, 0.3) is 0 Å². The Kier molecular flexibility index (Phi) is 9.22.